The highest BCUT2D eigenvalue weighted by Gasteiger charge is 2.23. The molecule has 1 atom stereocenters. The van der Waals surface area contributed by atoms with Crippen LogP contribution in [0.25, 0.3) is 0 Å². The van der Waals surface area contributed by atoms with Gasteiger partial charge in [0.05, 0.1) is 0 Å². The molecule has 0 amide bonds. The maximum absolute atomic E-state index is 6.54. The van der Waals surface area contributed by atoms with Crippen LogP contribution < -0.4 is 5.73 Å². The molecule has 0 radical (unpaired) electrons. The quantitative estimate of drug-likeness (QED) is 0.868. The Morgan fingerprint density at radius 3 is 2.28 bits per heavy atom. The summed E-state index contributed by atoms with van der Waals surface area (Å²) in [6, 6.07) is 16.8. The van der Waals surface area contributed by atoms with E-state index < -0.39 is 0 Å². The van der Waals surface area contributed by atoms with Crippen molar-refractivity contribution < 1.29 is 0 Å². The minimum atomic E-state index is -0.322. The molecule has 0 aliphatic heterocycles. The minimum absolute atomic E-state index is 0.322. The average Bonchev–Trinajstić information content (AvgIpc) is 2.33. The molecular formula is C17H21N. The van der Waals surface area contributed by atoms with Crippen LogP contribution in [0.1, 0.15) is 29.2 Å². The first-order valence-electron chi connectivity index (χ1n) is 6.40. The Morgan fingerprint density at radius 1 is 0.944 bits per heavy atom. The van der Waals surface area contributed by atoms with Crippen molar-refractivity contribution in [2.75, 3.05) is 0 Å². The van der Waals surface area contributed by atoms with Crippen molar-refractivity contribution in [1.29, 1.82) is 0 Å². The lowest BCUT2D eigenvalue weighted by Crippen LogP contribution is -2.36. The molecule has 1 unspecified atom stereocenters. The van der Waals surface area contributed by atoms with Gasteiger partial charge in [0.2, 0.25) is 0 Å². The average molecular weight is 239 g/mol. The van der Waals surface area contributed by atoms with E-state index in [2.05, 4.69) is 63.2 Å². The van der Waals surface area contributed by atoms with Crippen LogP contribution in [0.5, 0.6) is 0 Å². The van der Waals surface area contributed by atoms with Crippen LogP contribution in [0, 0.1) is 13.8 Å². The predicted octanol–water partition coefficient (Wildman–Crippen LogP) is 3.72. The van der Waals surface area contributed by atoms with Crippen molar-refractivity contribution in [1.82, 2.24) is 0 Å². The molecule has 0 saturated heterocycles. The Labute approximate surface area is 110 Å². The molecule has 18 heavy (non-hydrogen) atoms. The van der Waals surface area contributed by atoms with Gasteiger partial charge in [-0.15, -0.1) is 0 Å². The first-order valence-corrected chi connectivity index (χ1v) is 6.40. The van der Waals surface area contributed by atoms with E-state index in [0.717, 1.165) is 6.42 Å². The second-order valence-electron chi connectivity index (χ2n) is 5.33. The van der Waals surface area contributed by atoms with E-state index in [9.17, 15) is 0 Å². The van der Waals surface area contributed by atoms with Gasteiger partial charge in [-0.1, -0.05) is 48.5 Å². The molecule has 0 spiro atoms. The maximum atomic E-state index is 6.54. The molecule has 0 heterocycles. The predicted molar refractivity (Wildman–Crippen MR) is 77.6 cm³/mol. The molecule has 94 valence electrons. The second kappa shape index (κ2) is 4.95. The lowest BCUT2D eigenvalue weighted by molar-refractivity contribution is 0.488. The summed E-state index contributed by atoms with van der Waals surface area (Å²) in [5.41, 5.74) is 11.3. The van der Waals surface area contributed by atoms with Gasteiger partial charge in [0.1, 0.15) is 0 Å². The van der Waals surface area contributed by atoms with Crippen LogP contribution in [0.4, 0.5) is 0 Å². The molecule has 2 aromatic carbocycles. The summed E-state index contributed by atoms with van der Waals surface area (Å²) in [5.74, 6) is 0. The number of aryl methyl sites for hydroxylation is 1. The van der Waals surface area contributed by atoms with Gasteiger partial charge in [0.25, 0.3) is 0 Å². The van der Waals surface area contributed by atoms with Gasteiger partial charge in [-0.25, -0.2) is 0 Å². The third-order valence-corrected chi connectivity index (χ3v) is 3.63. The van der Waals surface area contributed by atoms with Crippen molar-refractivity contribution in [3.63, 3.8) is 0 Å². The molecule has 1 heteroatoms. The smallest absolute Gasteiger partial charge is 0.0424 e. The fourth-order valence-corrected chi connectivity index (χ4v) is 2.48. The summed E-state index contributed by atoms with van der Waals surface area (Å²) in [7, 11) is 0. The number of rotatable bonds is 3. The topological polar surface area (TPSA) is 26.0 Å². The summed E-state index contributed by atoms with van der Waals surface area (Å²) >= 11 is 0. The zero-order valence-corrected chi connectivity index (χ0v) is 11.4. The maximum Gasteiger partial charge on any atom is 0.0424 e. The fourth-order valence-electron chi connectivity index (χ4n) is 2.48. The molecule has 2 rings (SSSR count). The van der Waals surface area contributed by atoms with Crippen LogP contribution in [0.15, 0.2) is 48.5 Å². The normalized spacial score (nSPS) is 14.2. The van der Waals surface area contributed by atoms with Crippen LogP contribution in [-0.2, 0) is 12.0 Å². The van der Waals surface area contributed by atoms with Gasteiger partial charge in [-0.2, -0.15) is 0 Å². The van der Waals surface area contributed by atoms with E-state index in [0.29, 0.717) is 0 Å². The first-order chi connectivity index (χ1) is 8.50. The highest BCUT2D eigenvalue weighted by Crippen LogP contribution is 2.27. The van der Waals surface area contributed by atoms with Crippen molar-refractivity contribution in [2.45, 2.75) is 32.7 Å². The summed E-state index contributed by atoms with van der Waals surface area (Å²) in [6.07, 6.45) is 0.859. The fraction of sp³-hybridized carbons (Fsp3) is 0.294. The Hall–Kier alpha value is -1.60. The van der Waals surface area contributed by atoms with Crippen molar-refractivity contribution in [3.05, 3.63) is 70.8 Å². The largest absolute Gasteiger partial charge is 0.321 e. The van der Waals surface area contributed by atoms with Crippen LogP contribution >= 0.6 is 0 Å². The van der Waals surface area contributed by atoms with E-state index in [1.807, 2.05) is 6.07 Å². The molecular weight excluding hydrogens is 218 g/mol. The van der Waals surface area contributed by atoms with Gasteiger partial charge < -0.3 is 5.73 Å². The highest BCUT2D eigenvalue weighted by molar-refractivity contribution is 5.38. The minimum Gasteiger partial charge on any atom is -0.321 e. The first kappa shape index (κ1) is 12.8. The van der Waals surface area contributed by atoms with E-state index in [1.165, 1.54) is 22.3 Å². The highest BCUT2D eigenvalue weighted by atomic mass is 14.7. The molecule has 0 saturated carbocycles. The van der Waals surface area contributed by atoms with E-state index in [-0.39, 0.29) is 5.54 Å². The van der Waals surface area contributed by atoms with Gasteiger partial charge in [0, 0.05) is 5.54 Å². The summed E-state index contributed by atoms with van der Waals surface area (Å²) in [6.45, 7) is 6.40. The third-order valence-electron chi connectivity index (χ3n) is 3.63. The van der Waals surface area contributed by atoms with Crippen molar-refractivity contribution >= 4 is 0 Å². The van der Waals surface area contributed by atoms with Gasteiger partial charge >= 0.3 is 0 Å². The SMILES string of the molecule is Cc1cccc(C(C)(N)Cc2ccccc2)c1C. The van der Waals surface area contributed by atoms with Crippen molar-refractivity contribution in [3.8, 4) is 0 Å². The van der Waals surface area contributed by atoms with E-state index >= 15 is 0 Å². The molecule has 0 aromatic heterocycles. The monoisotopic (exact) mass is 239 g/mol. The van der Waals surface area contributed by atoms with E-state index in [1.54, 1.807) is 0 Å². The zero-order valence-electron chi connectivity index (χ0n) is 11.4. The van der Waals surface area contributed by atoms with Gasteiger partial charge in [-0.3, -0.25) is 0 Å². The van der Waals surface area contributed by atoms with E-state index in [4.69, 9.17) is 5.73 Å². The number of hydrogen-bond acceptors (Lipinski definition) is 1. The summed E-state index contributed by atoms with van der Waals surface area (Å²) in [5, 5.41) is 0. The lowest BCUT2D eigenvalue weighted by Gasteiger charge is -2.28. The lowest BCUT2D eigenvalue weighted by atomic mass is 9.83. The molecule has 2 N–H and O–H groups in total. The Bertz CT molecular complexity index is 527. The van der Waals surface area contributed by atoms with Crippen LogP contribution in [0.2, 0.25) is 0 Å². The Balaban J connectivity index is 2.33. The molecule has 1 nitrogen and oxygen atoms in total. The zero-order chi connectivity index (χ0) is 13.2. The Kier molecular flexibility index (Phi) is 3.53. The standard InChI is InChI=1S/C17H21N/c1-13-8-7-11-16(14(13)2)17(3,18)12-15-9-5-4-6-10-15/h4-11H,12,18H2,1-3H3. The molecule has 0 fully saturated rings. The van der Waals surface area contributed by atoms with Crippen LogP contribution in [-0.4, -0.2) is 0 Å². The van der Waals surface area contributed by atoms with Gasteiger partial charge in [-0.05, 0) is 49.4 Å². The second-order valence-corrected chi connectivity index (χ2v) is 5.33. The number of hydrogen-bond donors (Lipinski definition) is 1. The molecule has 2 aromatic rings. The summed E-state index contributed by atoms with van der Waals surface area (Å²) < 4.78 is 0. The van der Waals surface area contributed by atoms with Gasteiger partial charge in [0.15, 0.2) is 0 Å². The molecule has 0 bridgehead atoms. The number of nitrogens with two attached hydrogens (primary N) is 1. The van der Waals surface area contributed by atoms with Crippen molar-refractivity contribution in [2.24, 2.45) is 5.73 Å². The number of benzene rings is 2. The summed E-state index contributed by atoms with van der Waals surface area (Å²) in [4.78, 5) is 0. The third kappa shape index (κ3) is 2.62. The molecule has 0 aliphatic carbocycles. The molecule has 0 aliphatic rings. The van der Waals surface area contributed by atoms with Crippen LogP contribution in [0.3, 0.4) is 0 Å². The Morgan fingerprint density at radius 2 is 1.61 bits per heavy atom.